The van der Waals surface area contributed by atoms with E-state index in [9.17, 15) is 9.59 Å². The lowest BCUT2D eigenvalue weighted by Crippen LogP contribution is -2.39. The number of thioether (sulfide) groups is 1. The highest BCUT2D eigenvalue weighted by atomic mass is 32.2. The molecule has 0 aliphatic heterocycles. The van der Waals surface area contributed by atoms with Gasteiger partial charge in [-0.25, -0.2) is 4.79 Å². The highest BCUT2D eigenvalue weighted by Gasteiger charge is 2.25. The molecule has 2 N–H and O–H groups in total. The summed E-state index contributed by atoms with van der Waals surface area (Å²) in [5.74, 6) is -1.11. The van der Waals surface area contributed by atoms with Crippen molar-refractivity contribution < 1.29 is 14.7 Å². The molecule has 0 saturated heterocycles. The van der Waals surface area contributed by atoms with Gasteiger partial charge in [0.05, 0.1) is 5.56 Å². The molecule has 0 aliphatic carbocycles. The third-order valence-corrected chi connectivity index (χ3v) is 6.05. The van der Waals surface area contributed by atoms with Crippen molar-refractivity contribution in [2.75, 3.05) is 12.8 Å². The summed E-state index contributed by atoms with van der Waals surface area (Å²) in [7, 11) is 0. The predicted octanol–water partition coefficient (Wildman–Crippen LogP) is 3.50. The molecule has 116 valence electrons. The number of nitrogens with one attached hydrogen (secondary N) is 1. The number of carbonyl (C=O) groups excluding carboxylic acids is 1. The Kier molecular flexibility index (Phi) is 6.98. The molecule has 6 heteroatoms. The fraction of sp³-hybridized carbons (Fsp3) is 0.467. The summed E-state index contributed by atoms with van der Waals surface area (Å²) in [4.78, 5) is 23.4. The minimum absolute atomic E-state index is 0.0811. The summed E-state index contributed by atoms with van der Waals surface area (Å²) in [5, 5.41) is 13.3. The molecule has 0 bridgehead atoms. The van der Waals surface area contributed by atoms with Crippen LogP contribution < -0.4 is 5.32 Å². The Morgan fingerprint density at radius 2 is 2.10 bits per heavy atom. The summed E-state index contributed by atoms with van der Waals surface area (Å²) >= 11 is 3.14. The first-order valence-electron chi connectivity index (χ1n) is 6.79. The molecule has 0 radical (unpaired) electrons. The topological polar surface area (TPSA) is 66.4 Å². The second-order valence-electron chi connectivity index (χ2n) is 4.69. The fourth-order valence-corrected chi connectivity index (χ4v) is 3.49. The van der Waals surface area contributed by atoms with Gasteiger partial charge in [-0.1, -0.05) is 13.8 Å². The average molecular weight is 327 g/mol. The smallest absolute Gasteiger partial charge is 0.328 e. The molecule has 1 aromatic rings. The Morgan fingerprint density at radius 3 is 2.62 bits per heavy atom. The fourth-order valence-electron chi connectivity index (χ4n) is 1.92. The first kappa shape index (κ1) is 17.8. The van der Waals surface area contributed by atoms with Crippen LogP contribution in [0.1, 0.15) is 41.9 Å². The van der Waals surface area contributed by atoms with E-state index in [1.807, 2.05) is 0 Å². The maximum atomic E-state index is 12.1. The highest BCUT2D eigenvalue weighted by molar-refractivity contribution is 8.00. The van der Waals surface area contributed by atoms with E-state index in [-0.39, 0.29) is 10.7 Å². The molecule has 4 nitrogen and oxygen atoms in total. The van der Waals surface area contributed by atoms with Gasteiger partial charge in [-0.05, 0) is 31.2 Å². The molecular formula is C15H21NO3S2. The summed E-state index contributed by atoms with van der Waals surface area (Å²) in [6.45, 7) is 4.90. The normalized spacial score (nSPS) is 11.8. The SMILES string of the molecule is CCC(CC)(CNC(=O)c1csc(/C=C/C(=O)O)c1)SC. The Labute approximate surface area is 133 Å². The standard InChI is InChI=1S/C15H21NO3S2/c1-4-15(5-2,20-3)10-16-14(19)11-8-12(21-9-11)6-7-13(17)18/h6-9H,4-5,10H2,1-3H3,(H,16,19)(H,17,18)/b7-6+. The molecule has 1 aromatic heterocycles. The lowest BCUT2D eigenvalue weighted by atomic mass is 10.0. The van der Waals surface area contributed by atoms with E-state index in [4.69, 9.17) is 5.11 Å². The number of carbonyl (C=O) groups is 2. The van der Waals surface area contributed by atoms with E-state index in [0.29, 0.717) is 12.1 Å². The van der Waals surface area contributed by atoms with E-state index in [0.717, 1.165) is 23.8 Å². The molecule has 0 aliphatic rings. The number of amides is 1. The first-order valence-corrected chi connectivity index (χ1v) is 8.89. The molecule has 0 saturated carbocycles. The molecule has 1 heterocycles. The van der Waals surface area contributed by atoms with Gasteiger partial charge in [-0.15, -0.1) is 11.3 Å². The summed E-state index contributed by atoms with van der Waals surface area (Å²) in [6.07, 6.45) is 6.63. The number of hydrogen-bond donors (Lipinski definition) is 2. The van der Waals surface area contributed by atoms with E-state index in [1.54, 1.807) is 23.2 Å². The zero-order valence-corrected chi connectivity index (χ0v) is 14.1. The maximum Gasteiger partial charge on any atom is 0.328 e. The summed E-state index contributed by atoms with van der Waals surface area (Å²) in [5.41, 5.74) is 0.576. The molecule has 21 heavy (non-hydrogen) atoms. The minimum Gasteiger partial charge on any atom is -0.478 e. The van der Waals surface area contributed by atoms with Crippen LogP contribution in [0.2, 0.25) is 0 Å². The van der Waals surface area contributed by atoms with Crippen molar-refractivity contribution in [1.29, 1.82) is 0 Å². The zero-order chi connectivity index (χ0) is 15.9. The van der Waals surface area contributed by atoms with Gasteiger partial charge in [0.15, 0.2) is 0 Å². The summed E-state index contributed by atoms with van der Waals surface area (Å²) in [6, 6.07) is 1.71. The van der Waals surface area contributed by atoms with Gasteiger partial charge in [0, 0.05) is 27.6 Å². The number of carboxylic acids is 1. The van der Waals surface area contributed by atoms with Crippen LogP contribution in [0, 0.1) is 0 Å². The van der Waals surface area contributed by atoms with Crippen molar-refractivity contribution in [2.24, 2.45) is 0 Å². The van der Waals surface area contributed by atoms with Crippen molar-refractivity contribution in [1.82, 2.24) is 5.32 Å². The van der Waals surface area contributed by atoms with Crippen LogP contribution in [0.5, 0.6) is 0 Å². The van der Waals surface area contributed by atoms with Gasteiger partial charge in [0.2, 0.25) is 0 Å². The molecule has 0 fully saturated rings. The van der Waals surface area contributed by atoms with Gasteiger partial charge in [0.25, 0.3) is 5.91 Å². The van der Waals surface area contributed by atoms with Crippen LogP contribution >= 0.6 is 23.1 Å². The molecule has 0 aromatic carbocycles. The predicted molar refractivity (Wildman–Crippen MR) is 90.2 cm³/mol. The Bertz CT molecular complexity index is 510. The molecule has 1 amide bonds. The van der Waals surface area contributed by atoms with Crippen molar-refractivity contribution in [3.63, 3.8) is 0 Å². The number of rotatable bonds is 8. The van der Waals surface area contributed by atoms with E-state index >= 15 is 0 Å². The molecule has 0 spiro atoms. The van der Waals surface area contributed by atoms with Gasteiger partial charge in [-0.3, -0.25) is 4.79 Å². The van der Waals surface area contributed by atoms with Crippen molar-refractivity contribution in [3.8, 4) is 0 Å². The van der Waals surface area contributed by atoms with Crippen LogP contribution in [0.15, 0.2) is 17.5 Å². The second kappa shape index (κ2) is 8.24. The van der Waals surface area contributed by atoms with Gasteiger partial charge in [0.1, 0.15) is 0 Å². The first-order chi connectivity index (χ1) is 9.96. The molecule has 1 rings (SSSR count). The molecule has 0 unspecified atom stereocenters. The van der Waals surface area contributed by atoms with Gasteiger partial charge < -0.3 is 10.4 Å². The number of hydrogen-bond acceptors (Lipinski definition) is 4. The summed E-state index contributed by atoms with van der Waals surface area (Å²) < 4.78 is 0.0811. The third kappa shape index (κ3) is 5.21. The van der Waals surface area contributed by atoms with Crippen LogP contribution in [-0.4, -0.2) is 34.5 Å². The van der Waals surface area contributed by atoms with Crippen molar-refractivity contribution in [3.05, 3.63) is 28.0 Å². The average Bonchev–Trinajstić information content (AvgIpc) is 2.96. The second-order valence-corrected chi connectivity index (χ2v) is 6.90. The highest BCUT2D eigenvalue weighted by Crippen LogP contribution is 2.29. The number of thiophene rings is 1. The van der Waals surface area contributed by atoms with Gasteiger partial charge in [-0.2, -0.15) is 11.8 Å². The minimum atomic E-state index is -0.995. The van der Waals surface area contributed by atoms with Crippen molar-refractivity contribution in [2.45, 2.75) is 31.4 Å². The van der Waals surface area contributed by atoms with E-state index in [1.165, 1.54) is 17.4 Å². The van der Waals surface area contributed by atoms with E-state index < -0.39 is 5.97 Å². The monoisotopic (exact) mass is 327 g/mol. The Morgan fingerprint density at radius 1 is 1.43 bits per heavy atom. The van der Waals surface area contributed by atoms with Crippen LogP contribution in [0.25, 0.3) is 6.08 Å². The van der Waals surface area contributed by atoms with E-state index in [2.05, 4.69) is 25.4 Å². The largest absolute Gasteiger partial charge is 0.478 e. The van der Waals surface area contributed by atoms with Crippen LogP contribution in [-0.2, 0) is 4.79 Å². The zero-order valence-electron chi connectivity index (χ0n) is 12.5. The lowest BCUT2D eigenvalue weighted by Gasteiger charge is -2.29. The van der Waals surface area contributed by atoms with Crippen LogP contribution in [0.4, 0.5) is 0 Å². The quantitative estimate of drug-likeness (QED) is 0.717. The Balaban J connectivity index is 2.66. The lowest BCUT2D eigenvalue weighted by molar-refractivity contribution is -0.131. The number of aliphatic carboxylic acids is 1. The molecule has 0 atom stereocenters. The third-order valence-electron chi connectivity index (χ3n) is 3.56. The van der Waals surface area contributed by atoms with Crippen LogP contribution in [0.3, 0.4) is 0 Å². The number of carboxylic acid groups (broad SMARTS) is 1. The Hall–Kier alpha value is -1.27. The maximum absolute atomic E-state index is 12.1. The van der Waals surface area contributed by atoms with Gasteiger partial charge >= 0.3 is 5.97 Å². The van der Waals surface area contributed by atoms with Crippen molar-refractivity contribution >= 4 is 41.1 Å². The molecular weight excluding hydrogens is 306 g/mol.